The summed E-state index contributed by atoms with van der Waals surface area (Å²) in [4.78, 5) is 33.1. The van der Waals surface area contributed by atoms with Gasteiger partial charge in [0.15, 0.2) is 0 Å². The fourth-order valence-corrected chi connectivity index (χ4v) is 3.73. The second-order valence-electron chi connectivity index (χ2n) is 8.45. The quantitative estimate of drug-likeness (QED) is 0.272. The molecule has 188 valence electrons. The van der Waals surface area contributed by atoms with Crippen LogP contribution in [0.1, 0.15) is 27.3 Å². The van der Waals surface area contributed by atoms with Crippen LogP contribution in [0.15, 0.2) is 78.9 Å². The predicted octanol–water partition coefficient (Wildman–Crippen LogP) is 3.83. The number of rotatable bonds is 9. The summed E-state index contributed by atoms with van der Waals surface area (Å²) in [5.74, 6) is -1.32. The first-order valence-electron chi connectivity index (χ1n) is 11.6. The van der Waals surface area contributed by atoms with E-state index < -0.39 is 17.9 Å². The predicted molar refractivity (Wildman–Crippen MR) is 137 cm³/mol. The molecule has 0 radical (unpaired) electrons. The molecular formula is C28H26N4O5. The van der Waals surface area contributed by atoms with Gasteiger partial charge in [0.25, 0.3) is 5.91 Å². The van der Waals surface area contributed by atoms with Crippen LogP contribution in [0.3, 0.4) is 0 Å². The molecule has 0 aliphatic carbocycles. The molecule has 4 aromatic rings. The Kier molecular flexibility index (Phi) is 7.75. The number of aryl methyl sites for hydroxylation is 1. The number of aromatic hydroxyl groups is 1. The lowest BCUT2D eigenvalue weighted by Crippen LogP contribution is -2.42. The number of carboxylic acids is 1. The van der Waals surface area contributed by atoms with Gasteiger partial charge < -0.3 is 26.0 Å². The highest BCUT2D eigenvalue weighted by molar-refractivity contribution is 5.95. The van der Waals surface area contributed by atoms with Gasteiger partial charge >= 0.3 is 12.0 Å². The Labute approximate surface area is 213 Å². The first kappa shape index (κ1) is 25.3. The Bertz CT molecular complexity index is 1420. The molecule has 9 nitrogen and oxygen atoms in total. The van der Waals surface area contributed by atoms with Crippen LogP contribution in [-0.2, 0) is 17.8 Å². The Balaban J connectivity index is 1.51. The van der Waals surface area contributed by atoms with E-state index in [4.69, 9.17) is 10.5 Å². The Morgan fingerprint density at radius 3 is 2.35 bits per heavy atom. The van der Waals surface area contributed by atoms with E-state index in [0.29, 0.717) is 23.6 Å². The van der Waals surface area contributed by atoms with Gasteiger partial charge in [0.05, 0.1) is 0 Å². The molecule has 1 heterocycles. The molecule has 4 rings (SSSR count). The summed E-state index contributed by atoms with van der Waals surface area (Å²) in [6, 6.07) is 21.6. The highest BCUT2D eigenvalue weighted by Crippen LogP contribution is 2.27. The Hall–Kier alpha value is -4.76. The first-order valence-corrected chi connectivity index (χ1v) is 11.6. The van der Waals surface area contributed by atoms with E-state index in [2.05, 4.69) is 15.3 Å². The van der Waals surface area contributed by atoms with Crippen molar-refractivity contribution in [2.45, 2.75) is 25.9 Å². The maximum absolute atomic E-state index is 12.9. The molecule has 0 saturated heterocycles. The fourth-order valence-electron chi connectivity index (χ4n) is 3.73. The zero-order valence-electron chi connectivity index (χ0n) is 20.1. The van der Waals surface area contributed by atoms with Crippen LogP contribution < -0.4 is 15.8 Å². The first-order chi connectivity index (χ1) is 17.8. The lowest BCUT2D eigenvalue weighted by atomic mass is 10.0. The van der Waals surface area contributed by atoms with Gasteiger partial charge in [-0.3, -0.25) is 4.79 Å². The number of amides is 1. The summed E-state index contributed by atoms with van der Waals surface area (Å²) in [6.07, 6.45) is 0.0346. The number of carbonyl (C=O) groups is 2. The average molecular weight is 499 g/mol. The Morgan fingerprint density at radius 1 is 0.946 bits per heavy atom. The molecule has 0 saturated carbocycles. The van der Waals surface area contributed by atoms with Crippen LogP contribution in [0.5, 0.6) is 17.5 Å². The van der Waals surface area contributed by atoms with Crippen molar-refractivity contribution in [1.82, 2.24) is 15.3 Å². The number of carboxylic acid groups (broad SMARTS) is 1. The topological polar surface area (TPSA) is 148 Å². The van der Waals surface area contributed by atoms with E-state index in [1.807, 2.05) is 42.5 Å². The number of phenols is 1. The van der Waals surface area contributed by atoms with Crippen LogP contribution >= 0.6 is 0 Å². The third-order valence-corrected chi connectivity index (χ3v) is 5.59. The molecule has 5 N–H and O–H groups in total. The number of nitrogens with zero attached hydrogens (tertiary/aromatic N) is 2. The second-order valence-corrected chi connectivity index (χ2v) is 8.45. The molecule has 0 aliphatic rings. The average Bonchev–Trinajstić information content (AvgIpc) is 2.89. The van der Waals surface area contributed by atoms with Crippen molar-refractivity contribution in [2.75, 3.05) is 0 Å². The number of ether oxygens (including phenoxy) is 1. The molecule has 1 unspecified atom stereocenters. The standard InChI is InChI=1S/C28H26N4O5/c1-17-12-24(26(34)31-25(27(35)36)14-18-8-10-22(33)11-9-18)32-28(30-17)37-23-7-3-6-21(15-23)20-5-2-4-19(13-20)16-29/h2-13,15,25,33H,14,16,29H2,1H3,(H,31,34)(H,35,36). The molecular weight excluding hydrogens is 472 g/mol. The minimum atomic E-state index is -1.20. The highest BCUT2D eigenvalue weighted by Gasteiger charge is 2.23. The van der Waals surface area contributed by atoms with E-state index in [-0.39, 0.29) is 23.9 Å². The van der Waals surface area contributed by atoms with Gasteiger partial charge in [0.2, 0.25) is 0 Å². The van der Waals surface area contributed by atoms with Gasteiger partial charge in [-0.25, -0.2) is 9.78 Å². The van der Waals surface area contributed by atoms with Crippen molar-refractivity contribution < 1.29 is 24.5 Å². The van der Waals surface area contributed by atoms with Gasteiger partial charge in [-0.15, -0.1) is 0 Å². The van der Waals surface area contributed by atoms with Crippen LogP contribution in [0.25, 0.3) is 11.1 Å². The van der Waals surface area contributed by atoms with Gasteiger partial charge in [-0.2, -0.15) is 4.98 Å². The molecule has 37 heavy (non-hydrogen) atoms. The largest absolute Gasteiger partial charge is 0.508 e. The van der Waals surface area contributed by atoms with Crippen LogP contribution in [0.4, 0.5) is 0 Å². The number of aliphatic carboxylic acids is 1. The number of hydrogen-bond donors (Lipinski definition) is 4. The number of benzene rings is 3. The normalized spacial score (nSPS) is 11.5. The second kappa shape index (κ2) is 11.3. The third-order valence-electron chi connectivity index (χ3n) is 5.59. The number of nitrogens with one attached hydrogen (secondary N) is 1. The molecule has 0 spiro atoms. The summed E-state index contributed by atoms with van der Waals surface area (Å²) in [5.41, 5.74) is 9.76. The van der Waals surface area contributed by atoms with Crippen molar-refractivity contribution in [3.8, 4) is 28.6 Å². The van der Waals surface area contributed by atoms with Gasteiger partial charge in [-0.05, 0) is 65.6 Å². The minimum Gasteiger partial charge on any atom is -0.508 e. The number of phenolic OH excluding ortho intramolecular Hbond substituents is 1. The molecule has 9 heteroatoms. The summed E-state index contributed by atoms with van der Waals surface area (Å²) in [5, 5.41) is 21.5. The van der Waals surface area contributed by atoms with E-state index >= 15 is 0 Å². The maximum Gasteiger partial charge on any atom is 0.326 e. The SMILES string of the molecule is Cc1cc(C(=O)NC(Cc2ccc(O)cc2)C(=O)O)nc(Oc2cccc(-c3cccc(CN)c3)c2)n1. The molecule has 0 bridgehead atoms. The molecule has 1 aromatic heterocycles. The van der Waals surface area contributed by atoms with Gasteiger partial charge in [-0.1, -0.05) is 42.5 Å². The van der Waals surface area contributed by atoms with E-state index in [1.54, 1.807) is 25.1 Å². The van der Waals surface area contributed by atoms with Crippen LogP contribution in [0.2, 0.25) is 0 Å². The van der Waals surface area contributed by atoms with Crippen molar-refractivity contribution >= 4 is 11.9 Å². The number of nitrogens with two attached hydrogens (primary N) is 1. The van der Waals surface area contributed by atoms with Crippen molar-refractivity contribution in [3.63, 3.8) is 0 Å². The summed E-state index contributed by atoms with van der Waals surface area (Å²) < 4.78 is 5.86. The maximum atomic E-state index is 12.9. The van der Waals surface area contributed by atoms with Crippen molar-refractivity contribution in [2.24, 2.45) is 5.73 Å². The smallest absolute Gasteiger partial charge is 0.326 e. The van der Waals surface area contributed by atoms with Crippen LogP contribution in [0, 0.1) is 6.92 Å². The van der Waals surface area contributed by atoms with Gasteiger partial charge in [0, 0.05) is 18.7 Å². The van der Waals surface area contributed by atoms with Crippen molar-refractivity contribution in [1.29, 1.82) is 0 Å². The van der Waals surface area contributed by atoms with E-state index in [0.717, 1.165) is 16.7 Å². The Morgan fingerprint density at radius 2 is 1.65 bits per heavy atom. The van der Waals surface area contributed by atoms with Gasteiger partial charge in [0.1, 0.15) is 23.2 Å². The molecule has 1 amide bonds. The minimum absolute atomic E-state index is 0.0220. The number of hydrogen-bond acceptors (Lipinski definition) is 7. The van der Waals surface area contributed by atoms with Crippen LogP contribution in [-0.4, -0.2) is 38.1 Å². The zero-order valence-corrected chi connectivity index (χ0v) is 20.1. The molecule has 0 aliphatic heterocycles. The summed E-state index contributed by atoms with van der Waals surface area (Å²) >= 11 is 0. The monoisotopic (exact) mass is 498 g/mol. The lowest BCUT2D eigenvalue weighted by Gasteiger charge is -2.15. The molecule has 0 fully saturated rings. The third kappa shape index (κ3) is 6.68. The lowest BCUT2D eigenvalue weighted by molar-refractivity contribution is -0.139. The zero-order chi connectivity index (χ0) is 26.4. The molecule has 3 aromatic carbocycles. The van der Waals surface area contributed by atoms with Crippen molar-refractivity contribution in [3.05, 3.63) is 101 Å². The summed E-state index contributed by atoms with van der Waals surface area (Å²) in [7, 11) is 0. The number of carbonyl (C=O) groups excluding carboxylic acids is 1. The summed E-state index contributed by atoms with van der Waals surface area (Å²) in [6.45, 7) is 2.12. The fraction of sp³-hybridized carbons (Fsp3) is 0.143. The highest BCUT2D eigenvalue weighted by atomic mass is 16.5. The van der Waals surface area contributed by atoms with E-state index in [9.17, 15) is 19.8 Å². The number of aromatic nitrogens is 2. The van der Waals surface area contributed by atoms with E-state index in [1.165, 1.54) is 18.2 Å². The molecule has 1 atom stereocenters.